The van der Waals surface area contributed by atoms with Crippen LogP contribution in [0.4, 0.5) is 0 Å². The Labute approximate surface area is 76.4 Å². The Kier molecular flexibility index (Phi) is 4.08. The summed E-state index contributed by atoms with van der Waals surface area (Å²) in [5.74, 6) is -0.166. The summed E-state index contributed by atoms with van der Waals surface area (Å²) in [5.41, 5.74) is -0.427. The minimum absolute atomic E-state index is 0.166. The number of methoxy groups -OCH3 is 1. The van der Waals surface area contributed by atoms with Gasteiger partial charge in [0.1, 0.15) is 0 Å². The average molecular weight is 223 g/mol. The van der Waals surface area contributed by atoms with Gasteiger partial charge in [-0.1, -0.05) is 22.9 Å². The van der Waals surface area contributed by atoms with E-state index in [0.717, 1.165) is 6.42 Å². The van der Waals surface area contributed by atoms with Crippen LogP contribution in [0.15, 0.2) is 0 Å². The van der Waals surface area contributed by atoms with Gasteiger partial charge in [-0.3, -0.25) is 4.79 Å². The highest BCUT2D eigenvalue weighted by molar-refractivity contribution is 9.09. The number of hydrogen-bond acceptors (Lipinski definition) is 2. The lowest BCUT2D eigenvalue weighted by atomic mass is 9.88. The van der Waals surface area contributed by atoms with Crippen LogP contribution >= 0.6 is 15.9 Å². The SMILES string of the molecule is CCC(Br)C(C)(C)C(=O)OC. The van der Waals surface area contributed by atoms with E-state index in [0.29, 0.717) is 0 Å². The molecule has 0 amide bonds. The molecule has 0 saturated carbocycles. The van der Waals surface area contributed by atoms with Crippen molar-refractivity contribution < 1.29 is 9.53 Å². The van der Waals surface area contributed by atoms with Gasteiger partial charge in [-0.25, -0.2) is 0 Å². The Hall–Kier alpha value is -0.0500. The lowest BCUT2D eigenvalue weighted by Crippen LogP contribution is -2.34. The van der Waals surface area contributed by atoms with Gasteiger partial charge in [0.25, 0.3) is 0 Å². The number of carbonyl (C=O) groups excluding carboxylic acids is 1. The van der Waals surface area contributed by atoms with Crippen LogP contribution in [0.25, 0.3) is 0 Å². The number of halogens is 1. The van der Waals surface area contributed by atoms with Gasteiger partial charge >= 0.3 is 5.97 Å². The summed E-state index contributed by atoms with van der Waals surface area (Å²) in [6.07, 6.45) is 0.919. The first kappa shape index (κ1) is 11.0. The van der Waals surface area contributed by atoms with Crippen LogP contribution in [-0.4, -0.2) is 17.9 Å². The van der Waals surface area contributed by atoms with Crippen LogP contribution in [0, 0.1) is 5.41 Å². The topological polar surface area (TPSA) is 26.3 Å². The lowest BCUT2D eigenvalue weighted by molar-refractivity contribution is -0.150. The Balaban J connectivity index is 4.31. The molecule has 3 heteroatoms. The maximum atomic E-state index is 11.2. The molecule has 2 nitrogen and oxygen atoms in total. The standard InChI is InChI=1S/C8H15BrO2/c1-5-6(9)8(2,3)7(10)11-4/h6H,5H2,1-4H3. The fourth-order valence-electron chi connectivity index (χ4n) is 0.901. The van der Waals surface area contributed by atoms with Gasteiger partial charge in [0.2, 0.25) is 0 Å². The molecule has 0 aromatic heterocycles. The molecule has 0 radical (unpaired) electrons. The van der Waals surface area contributed by atoms with E-state index >= 15 is 0 Å². The number of rotatable bonds is 3. The molecular formula is C8H15BrO2. The molecule has 0 aromatic rings. The molecule has 0 fully saturated rings. The monoisotopic (exact) mass is 222 g/mol. The molecule has 1 atom stereocenters. The van der Waals surface area contributed by atoms with Crippen molar-refractivity contribution in [2.24, 2.45) is 5.41 Å². The minimum atomic E-state index is -0.427. The molecular weight excluding hydrogens is 208 g/mol. The molecule has 0 saturated heterocycles. The summed E-state index contributed by atoms with van der Waals surface area (Å²) in [5, 5.41) is 0. The molecule has 11 heavy (non-hydrogen) atoms. The molecule has 0 rings (SSSR count). The van der Waals surface area contributed by atoms with Crippen LogP contribution in [-0.2, 0) is 9.53 Å². The summed E-state index contributed by atoms with van der Waals surface area (Å²) < 4.78 is 4.67. The van der Waals surface area contributed by atoms with Crippen molar-refractivity contribution in [3.63, 3.8) is 0 Å². The van der Waals surface area contributed by atoms with Crippen LogP contribution in [0.1, 0.15) is 27.2 Å². The van der Waals surface area contributed by atoms with Gasteiger partial charge in [0.15, 0.2) is 0 Å². The van der Waals surface area contributed by atoms with E-state index < -0.39 is 5.41 Å². The van der Waals surface area contributed by atoms with Crippen LogP contribution in [0.2, 0.25) is 0 Å². The molecule has 0 heterocycles. The summed E-state index contributed by atoms with van der Waals surface area (Å²) >= 11 is 3.44. The first-order chi connectivity index (χ1) is 4.96. The molecule has 0 spiro atoms. The summed E-state index contributed by atoms with van der Waals surface area (Å²) in [6, 6.07) is 0. The van der Waals surface area contributed by atoms with Gasteiger partial charge in [-0.2, -0.15) is 0 Å². The minimum Gasteiger partial charge on any atom is -0.469 e. The number of esters is 1. The van der Waals surface area contributed by atoms with Crippen LogP contribution in [0.3, 0.4) is 0 Å². The Morgan fingerprint density at radius 2 is 2.09 bits per heavy atom. The zero-order chi connectivity index (χ0) is 9.07. The van der Waals surface area contributed by atoms with Gasteiger partial charge < -0.3 is 4.74 Å². The van der Waals surface area contributed by atoms with Crippen molar-refractivity contribution in [1.29, 1.82) is 0 Å². The maximum absolute atomic E-state index is 11.2. The van der Waals surface area contributed by atoms with E-state index in [-0.39, 0.29) is 10.8 Å². The number of alkyl halides is 1. The molecule has 0 aliphatic rings. The zero-order valence-electron chi connectivity index (χ0n) is 7.48. The average Bonchev–Trinajstić information content (AvgIpc) is 2.01. The van der Waals surface area contributed by atoms with Gasteiger partial charge in [-0.05, 0) is 20.3 Å². The van der Waals surface area contributed by atoms with Crippen LogP contribution < -0.4 is 0 Å². The molecule has 0 aromatic carbocycles. The predicted octanol–water partition coefficient (Wildman–Crippen LogP) is 2.36. The summed E-state index contributed by atoms with van der Waals surface area (Å²) in [6.45, 7) is 5.79. The summed E-state index contributed by atoms with van der Waals surface area (Å²) in [4.78, 5) is 11.4. The smallest absolute Gasteiger partial charge is 0.312 e. The highest BCUT2D eigenvalue weighted by atomic mass is 79.9. The Morgan fingerprint density at radius 1 is 1.64 bits per heavy atom. The first-order valence-corrected chi connectivity index (χ1v) is 4.60. The second kappa shape index (κ2) is 4.10. The van der Waals surface area contributed by atoms with Crippen molar-refractivity contribution in [2.45, 2.75) is 32.0 Å². The van der Waals surface area contributed by atoms with E-state index in [2.05, 4.69) is 20.7 Å². The van der Waals surface area contributed by atoms with Gasteiger partial charge in [-0.15, -0.1) is 0 Å². The van der Waals surface area contributed by atoms with Crippen molar-refractivity contribution in [3.8, 4) is 0 Å². The Morgan fingerprint density at radius 3 is 2.36 bits per heavy atom. The quantitative estimate of drug-likeness (QED) is 0.542. The van der Waals surface area contributed by atoms with E-state index in [1.54, 1.807) is 0 Å². The van der Waals surface area contributed by atoms with Crippen LogP contribution in [0.5, 0.6) is 0 Å². The summed E-state index contributed by atoms with van der Waals surface area (Å²) in [7, 11) is 1.42. The van der Waals surface area contributed by atoms with E-state index in [1.807, 2.05) is 20.8 Å². The second-order valence-electron chi connectivity index (χ2n) is 3.09. The normalized spacial score (nSPS) is 14.3. The predicted molar refractivity (Wildman–Crippen MR) is 48.8 cm³/mol. The molecule has 1 unspecified atom stereocenters. The third kappa shape index (κ3) is 2.47. The molecule has 0 bridgehead atoms. The third-order valence-electron chi connectivity index (χ3n) is 1.85. The maximum Gasteiger partial charge on any atom is 0.312 e. The second-order valence-corrected chi connectivity index (χ2v) is 4.19. The first-order valence-electron chi connectivity index (χ1n) is 3.69. The van der Waals surface area contributed by atoms with E-state index in [9.17, 15) is 4.79 Å². The van der Waals surface area contributed by atoms with Crippen molar-refractivity contribution >= 4 is 21.9 Å². The number of hydrogen-bond donors (Lipinski definition) is 0. The number of ether oxygens (including phenoxy) is 1. The molecule has 0 aliphatic carbocycles. The third-order valence-corrected chi connectivity index (χ3v) is 3.65. The molecule has 66 valence electrons. The largest absolute Gasteiger partial charge is 0.469 e. The highest BCUT2D eigenvalue weighted by Gasteiger charge is 2.34. The molecule has 0 aliphatic heterocycles. The van der Waals surface area contributed by atoms with Crippen molar-refractivity contribution in [2.75, 3.05) is 7.11 Å². The van der Waals surface area contributed by atoms with Crippen molar-refractivity contribution in [1.82, 2.24) is 0 Å². The fourth-order valence-corrected chi connectivity index (χ4v) is 1.09. The lowest BCUT2D eigenvalue weighted by Gasteiger charge is -2.26. The number of carbonyl (C=O) groups is 1. The fraction of sp³-hybridized carbons (Fsp3) is 0.875. The van der Waals surface area contributed by atoms with Crippen molar-refractivity contribution in [3.05, 3.63) is 0 Å². The highest BCUT2D eigenvalue weighted by Crippen LogP contribution is 2.30. The van der Waals surface area contributed by atoms with E-state index in [1.165, 1.54) is 7.11 Å². The molecule has 0 N–H and O–H groups in total. The van der Waals surface area contributed by atoms with Gasteiger partial charge in [0.05, 0.1) is 12.5 Å². The Bertz CT molecular complexity index is 143. The zero-order valence-corrected chi connectivity index (χ0v) is 9.06. The van der Waals surface area contributed by atoms with Gasteiger partial charge in [0, 0.05) is 4.83 Å². The van der Waals surface area contributed by atoms with E-state index in [4.69, 9.17) is 0 Å².